The normalized spacial score (nSPS) is 12.3. The first kappa shape index (κ1) is 24.1. The summed E-state index contributed by atoms with van der Waals surface area (Å²) in [4.78, 5) is 19.1. The van der Waals surface area contributed by atoms with Gasteiger partial charge in [0, 0.05) is 29.3 Å². The summed E-state index contributed by atoms with van der Waals surface area (Å²) in [6, 6.07) is 15.1. The number of thiophene rings is 1. The van der Waals surface area contributed by atoms with Crippen molar-refractivity contribution in [1.82, 2.24) is 14.5 Å². The van der Waals surface area contributed by atoms with E-state index in [0.717, 1.165) is 40.3 Å². The number of imidazole rings is 1. The number of amides is 1. The van der Waals surface area contributed by atoms with E-state index in [2.05, 4.69) is 9.88 Å². The first-order chi connectivity index (χ1) is 16.3. The van der Waals surface area contributed by atoms with E-state index in [9.17, 15) is 4.79 Å². The van der Waals surface area contributed by atoms with Gasteiger partial charge in [-0.1, -0.05) is 29.8 Å². The Bertz CT molecular complexity index is 1300. The molecule has 0 saturated heterocycles. The van der Waals surface area contributed by atoms with Crippen LogP contribution >= 0.6 is 22.9 Å². The molecule has 0 aliphatic rings. The SMILES string of the molecule is C[C@@H](Oc1cc(-n2cnc3ccc(OCCCN(C)C)cc32)sc1C(N)=O)c1ccccc1Cl. The molecule has 0 fully saturated rings. The first-order valence-corrected chi connectivity index (χ1v) is 12.1. The van der Waals surface area contributed by atoms with E-state index in [1.165, 1.54) is 11.3 Å². The Morgan fingerprint density at radius 3 is 2.76 bits per heavy atom. The maximum Gasteiger partial charge on any atom is 0.262 e. The van der Waals surface area contributed by atoms with Gasteiger partial charge in [-0.25, -0.2) is 4.98 Å². The van der Waals surface area contributed by atoms with Crippen molar-refractivity contribution in [1.29, 1.82) is 0 Å². The molecule has 2 aromatic carbocycles. The Kier molecular flexibility index (Phi) is 7.41. The van der Waals surface area contributed by atoms with Crippen LogP contribution in [0.5, 0.6) is 11.5 Å². The minimum absolute atomic E-state index is 0.340. The van der Waals surface area contributed by atoms with Gasteiger partial charge in [0.1, 0.15) is 33.8 Å². The third-order valence-electron chi connectivity index (χ3n) is 5.33. The van der Waals surface area contributed by atoms with Gasteiger partial charge in [-0.05, 0) is 45.6 Å². The van der Waals surface area contributed by atoms with Crippen molar-refractivity contribution >= 4 is 39.9 Å². The zero-order valence-corrected chi connectivity index (χ0v) is 20.9. The number of fused-ring (bicyclic) bond motifs is 1. The van der Waals surface area contributed by atoms with Gasteiger partial charge in [0.15, 0.2) is 0 Å². The average Bonchev–Trinajstić information content (AvgIpc) is 3.40. The largest absolute Gasteiger partial charge is 0.493 e. The molecule has 9 heteroatoms. The van der Waals surface area contributed by atoms with Crippen LogP contribution in [0.25, 0.3) is 16.0 Å². The van der Waals surface area contributed by atoms with Crippen molar-refractivity contribution in [3.8, 4) is 16.5 Å². The third-order valence-corrected chi connectivity index (χ3v) is 6.80. The fourth-order valence-electron chi connectivity index (χ4n) is 3.62. The molecule has 2 N–H and O–H groups in total. The first-order valence-electron chi connectivity index (χ1n) is 10.9. The van der Waals surface area contributed by atoms with Gasteiger partial charge >= 0.3 is 0 Å². The number of primary amides is 1. The van der Waals surface area contributed by atoms with E-state index in [1.807, 2.05) is 74.1 Å². The van der Waals surface area contributed by atoms with Crippen molar-refractivity contribution in [3.63, 3.8) is 0 Å². The van der Waals surface area contributed by atoms with Crippen LogP contribution in [0.3, 0.4) is 0 Å². The summed E-state index contributed by atoms with van der Waals surface area (Å²) in [6.07, 6.45) is 2.29. The Labute approximate surface area is 207 Å². The quantitative estimate of drug-likeness (QED) is 0.299. The molecule has 4 aromatic rings. The predicted molar refractivity (Wildman–Crippen MR) is 137 cm³/mol. The molecule has 0 aliphatic heterocycles. The summed E-state index contributed by atoms with van der Waals surface area (Å²) in [5.41, 5.74) is 8.19. The Hall–Kier alpha value is -3.07. The van der Waals surface area contributed by atoms with Crippen LogP contribution in [0, 0.1) is 0 Å². The van der Waals surface area contributed by atoms with Crippen molar-refractivity contribution in [2.75, 3.05) is 27.2 Å². The number of benzene rings is 2. The molecule has 0 spiro atoms. The Balaban J connectivity index is 1.61. The number of ether oxygens (including phenoxy) is 2. The molecule has 4 rings (SSSR count). The molecule has 0 unspecified atom stereocenters. The molecular weight excluding hydrogens is 472 g/mol. The maximum absolute atomic E-state index is 12.2. The molecule has 2 aromatic heterocycles. The lowest BCUT2D eigenvalue weighted by Gasteiger charge is -2.16. The molecule has 0 bridgehead atoms. The van der Waals surface area contributed by atoms with E-state index in [-0.39, 0.29) is 6.10 Å². The number of rotatable bonds is 10. The fraction of sp³-hybridized carbons (Fsp3) is 0.280. The summed E-state index contributed by atoms with van der Waals surface area (Å²) >= 11 is 7.58. The Morgan fingerprint density at radius 1 is 1.24 bits per heavy atom. The third kappa shape index (κ3) is 5.35. The highest BCUT2D eigenvalue weighted by Gasteiger charge is 2.21. The van der Waals surface area contributed by atoms with Crippen LogP contribution < -0.4 is 15.2 Å². The lowest BCUT2D eigenvalue weighted by molar-refractivity contribution is 0.0998. The second-order valence-corrected chi connectivity index (χ2v) is 9.63. The highest BCUT2D eigenvalue weighted by Crippen LogP contribution is 2.37. The summed E-state index contributed by atoms with van der Waals surface area (Å²) in [7, 11) is 4.08. The van der Waals surface area contributed by atoms with Crippen molar-refractivity contribution in [2.45, 2.75) is 19.4 Å². The molecule has 2 heterocycles. The van der Waals surface area contributed by atoms with Crippen molar-refractivity contribution in [2.24, 2.45) is 5.73 Å². The number of nitrogens with zero attached hydrogens (tertiary/aromatic N) is 3. The molecule has 7 nitrogen and oxygen atoms in total. The van der Waals surface area contributed by atoms with Crippen LogP contribution in [0.2, 0.25) is 5.02 Å². The van der Waals surface area contributed by atoms with Crippen LogP contribution in [0.1, 0.15) is 34.7 Å². The van der Waals surface area contributed by atoms with Crippen molar-refractivity contribution < 1.29 is 14.3 Å². The highest BCUT2D eigenvalue weighted by molar-refractivity contribution is 7.16. The highest BCUT2D eigenvalue weighted by atomic mass is 35.5. The second kappa shape index (κ2) is 10.5. The van der Waals surface area contributed by atoms with E-state index in [0.29, 0.717) is 22.3 Å². The van der Waals surface area contributed by atoms with Crippen LogP contribution in [-0.4, -0.2) is 47.6 Å². The smallest absolute Gasteiger partial charge is 0.262 e. The predicted octanol–water partition coefficient (Wildman–Crippen LogP) is 5.31. The van der Waals surface area contributed by atoms with E-state index in [4.69, 9.17) is 26.8 Å². The topological polar surface area (TPSA) is 82.6 Å². The van der Waals surface area contributed by atoms with E-state index < -0.39 is 5.91 Å². The van der Waals surface area contributed by atoms with E-state index in [1.54, 1.807) is 6.33 Å². The maximum atomic E-state index is 12.2. The zero-order chi connectivity index (χ0) is 24.2. The number of carbonyl (C=O) groups excluding carboxylic acids is 1. The number of nitrogens with two attached hydrogens (primary N) is 1. The van der Waals surface area contributed by atoms with Crippen LogP contribution in [0.4, 0.5) is 0 Å². The van der Waals surface area contributed by atoms with Gasteiger partial charge in [0.05, 0.1) is 17.6 Å². The average molecular weight is 499 g/mol. The van der Waals surface area contributed by atoms with Gasteiger partial charge in [0.2, 0.25) is 0 Å². The van der Waals surface area contributed by atoms with Gasteiger partial charge in [0.25, 0.3) is 5.91 Å². The summed E-state index contributed by atoms with van der Waals surface area (Å²) in [5, 5.41) is 1.37. The molecule has 1 amide bonds. The van der Waals surface area contributed by atoms with Gasteiger partial charge < -0.3 is 20.1 Å². The number of hydrogen-bond donors (Lipinski definition) is 1. The van der Waals surface area contributed by atoms with Gasteiger partial charge in [-0.15, -0.1) is 11.3 Å². The lowest BCUT2D eigenvalue weighted by Crippen LogP contribution is -2.15. The standard InChI is InChI=1S/C25H27ClN4O3S/c1-16(18-7-4-5-8-19(18)26)33-22-14-23(34-24(22)25(27)31)30-15-28-20-10-9-17(13-21(20)30)32-12-6-11-29(2)3/h4-5,7-10,13-16H,6,11-12H2,1-3H3,(H2,27,31)/t16-/m1/s1. The number of aromatic nitrogens is 2. The Morgan fingerprint density at radius 2 is 2.03 bits per heavy atom. The summed E-state index contributed by atoms with van der Waals surface area (Å²) in [5.74, 6) is 0.633. The van der Waals surface area contributed by atoms with Gasteiger partial charge in [-0.3, -0.25) is 9.36 Å². The zero-order valence-electron chi connectivity index (χ0n) is 19.3. The molecule has 34 heavy (non-hydrogen) atoms. The van der Waals surface area contributed by atoms with Crippen LogP contribution in [-0.2, 0) is 0 Å². The lowest BCUT2D eigenvalue weighted by atomic mass is 10.1. The van der Waals surface area contributed by atoms with Crippen molar-refractivity contribution in [3.05, 3.63) is 70.3 Å². The minimum Gasteiger partial charge on any atom is -0.493 e. The molecule has 1 atom stereocenters. The minimum atomic E-state index is -0.549. The number of halogens is 1. The number of hydrogen-bond acceptors (Lipinski definition) is 6. The fourth-order valence-corrected chi connectivity index (χ4v) is 4.84. The number of carbonyl (C=O) groups is 1. The summed E-state index contributed by atoms with van der Waals surface area (Å²) in [6.45, 7) is 3.47. The van der Waals surface area contributed by atoms with Crippen LogP contribution in [0.15, 0.2) is 54.9 Å². The monoisotopic (exact) mass is 498 g/mol. The molecule has 0 saturated carbocycles. The van der Waals surface area contributed by atoms with E-state index >= 15 is 0 Å². The molecule has 0 radical (unpaired) electrons. The summed E-state index contributed by atoms with van der Waals surface area (Å²) < 4.78 is 14.0. The molecule has 0 aliphatic carbocycles. The second-order valence-electron chi connectivity index (χ2n) is 8.19. The van der Waals surface area contributed by atoms with Gasteiger partial charge in [-0.2, -0.15) is 0 Å². The molecular formula is C25H27ClN4O3S. The molecule has 178 valence electrons.